The second kappa shape index (κ2) is 5.32. The molecule has 0 saturated heterocycles. The Balaban J connectivity index is 2.31. The van der Waals surface area contributed by atoms with Gasteiger partial charge in [0.25, 0.3) is 0 Å². The molecule has 1 saturated carbocycles. The van der Waals surface area contributed by atoms with Crippen LogP contribution in [0.3, 0.4) is 0 Å². The van der Waals surface area contributed by atoms with Crippen LogP contribution >= 0.6 is 0 Å². The Morgan fingerprint density at radius 3 is 3.00 bits per heavy atom. The van der Waals surface area contributed by atoms with Crippen molar-refractivity contribution in [3.8, 4) is 0 Å². The van der Waals surface area contributed by atoms with Crippen molar-refractivity contribution in [1.82, 2.24) is 10.3 Å². The number of hydrogen-bond acceptors (Lipinski definition) is 3. The van der Waals surface area contributed by atoms with E-state index in [0.29, 0.717) is 12.1 Å². The van der Waals surface area contributed by atoms with E-state index in [9.17, 15) is 0 Å². The van der Waals surface area contributed by atoms with E-state index in [4.69, 9.17) is 0 Å². The number of anilines is 1. The van der Waals surface area contributed by atoms with Crippen molar-refractivity contribution < 1.29 is 0 Å². The lowest BCUT2D eigenvalue weighted by Crippen LogP contribution is -2.29. The van der Waals surface area contributed by atoms with Crippen LogP contribution in [0.4, 0.5) is 5.82 Å². The smallest absolute Gasteiger partial charge is 0.133 e. The van der Waals surface area contributed by atoms with Gasteiger partial charge in [-0.2, -0.15) is 0 Å². The van der Waals surface area contributed by atoms with Crippen LogP contribution in [0.15, 0.2) is 31.0 Å². The predicted octanol–water partition coefficient (Wildman–Crippen LogP) is 2.52. The first-order valence-electron chi connectivity index (χ1n) is 6.27. The second-order valence-electron chi connectivity index (χ2n) is 4.60. The third kappa shape index (κ3) is 2.67. The van der Waals surface area contributed by atoms with Crippen molar-refractivity contribution >= 4 is 5.82 Å². The molecule has 1 heterocycles. The fourth-order valence-corrected chi connectivity index (χ4v) is 2.08. The summed E-state index contributed by atoms with van der Waals surface area (Å²) in [6, 6.07) is 5.14. The second-order valence-corrected chi connectivity index (χ2v) is 4.60. The zero-order valence-corrected chi connectivity index (χ0v) is 10.7. The summed E-state index contributed by atoms with van der Waals surface area (Å²) in [6.45, 7) is 6.89. The van der Waals surface area contributed by atoms with Crippen molar-refractivity contribution in [3.63, 3.8) is 0 Å². The van der Waals surface area contributed by atoms with E-state index in [0.717, 1.165) is 12.4 Å². The van der Waals surface area contributed by atoms with E-state index in [-0.39, 0.29) is 0 Å². The van der Waals surface area contributed by atoms with E-state index < -0.39 is 0 Å². The van der Waals surface area contributed by atoms with Crippen molar-refractivity contribution in [2.75, 3.05) is 18.5 Å². The SMILES string of the molecule is C=CCN(c1ncccc1C(C)NC)C1CC1. The molecule has 1 aliphatic rings. The summed E-state index contributed by atoms with van der Waals surface area (Å²) in [6.07, 6.45) is 6.39. The van der Waals surface area contributed by atoms with Crippen LogP contribution in [0.1, 0.15) is 31.4 Å². The van der Waals surface area contributed by atoms with Gasteiger partial charge in [0.1, 0.15) is 5.82 Å². The zero-order chi connectivity index (χ0) is 12.3. The number of aromatic nitrogens is 1. The van der Waals surface area contributed by atoms with Crippen LogP contribution in [-0.4, -0.2) is 24.6 Å². The molecule has 0 bridgehead atoms. The molecule has 1 fully saturated rings. The van der Waals surface area contributed by atoms with Gasteiger partial charge in [-0.05, 0) is 32.9 Å². The first-order chi connectivity index (χ1) is 8.27. The maximum atomic E-state index is 4.57. The molecule has 1 atom stereocenters. The number of pyridine rings is 1. The molecule has 1 unspecified atom stereocenters. The minimum Gasteiger partial charge on any atom is -0.350 e. The van der Waals surface area contributed by atoms with Gasteiger partial charge in [-0.25, -0.2) is 4.98 Å². The Bertz CT molecular complexity index is 385. The third-order valence-corrected chi connectivity index (χ3v) is 3.30. The fraction of sp³-hybridized carbons (Fsp3) is 0.500. The largest absolute Gasteiger partial charge is 0.350 e. The van der Waals surface area contributed by atoms with Crippen LogP contribution in [-0.2, 0) is 0 Å². The predicted molar refractivity (Wildman–Crippen MR) is 72.3 cm³/mol. The fourth-order valence-electron chi connectivity index (χ4n) is 2.08. The highest BCUT2D eigenvalue weighted by atomic mass is 15.2. The van der Waals surface area contributed by atoms with Gasteiger partial charge in [0.15, 0.2) is 0 Å². The lowest BCUT2D eigenvalue weighted by Gasteiger charge is -2.26. The lowest BCUT2D eigenvalue weighted by atomic mass is 10.1. The Hall–Kier alpha value is -1.35. The molecule has 1 aromatic rings. The van der Waals surface area contributed by atoms with E-state index in [1.807, 2.05) is 25.4 Å². The van der Waals surface area contributed by atoms with E-state index in [1.165, 1.54) is 18.4 Å². The lowest BCUT2D eigenvalue weighted by molar-refractivity contribution is 0.644. The summed E-state index contributed by atoms with van der Waals surface area (Å²) in [5, 5.41) is 3.29. The summed E-state index contributed by atoms with van der Waals surface area (Å²) < 4.78 is 0. The summed E-state index contributed by atoms with van der Waals surface area (Å²) in [5.74, 6) is 1.11. The average Bonchev–Trinajstić information content (AvgIpc) is 3.19. The number of nitrogens with zero attached hydrogens (tertiary/aromatic N) is 2. The maximum Gasteiger partial charge on any atom is 0.133 e. The van der Waals surface area contributed by atoms with E-state index >= 15 is 0 Å². The molecular formula is C14H21N3. The van der Waals surface area contributed by atoms with Crippen LogP contribution in [0, 0.1) is 0 Å². The van der Waals surface area contributed by atoms with Crippen molar-refractivity contribution in [3.05, 3.63) is 36.5 Å². The quantitative estimate of drug-likeness (QED) is 0.763. The Kier molecular flexibility index (Phi) is 3.79. The average molecular weight is 231 g/mol. The first kappa shape index (κ1) is 12.1. The van der Waals surface area contributed by atoms with Crippen LogP contribution in [0.25, 0.3) is 0 Å². The van der Waals surface area contributed by atoms with Gasteiger partial charge in [-0.15, -0.1) is 6.58 Å². The normalized spacial score (nSPS) is 16.6. The summed E-state index contributed by atoms with van der Waals surface area (Å²) >= 11 is 0. The first-order valence-corrected chi connectivity index (χ1v) is 6.27. The van der Waals surface area contributed by atoms with Crippen molar-refractivity contribution in [1.29, 1.82) is 0 Å². The molecule has 0 aliphatic heterocycles. The number of nitrogens with one attached hydrogen (secondary N) is 1. The van der Waals surface area contributed by atoms with Gasteiger partial charge in [-0.3, -0.25) is 0 Å². The molecular weight excluding hydrogens is 210 g/mol. The molecule has 1 aliphatic carbocycles. The van der Waals surface area contributed by atoms with E-state index in [1.54, 1.807) is 0 Å². The maximum absolute atomic E-state index is 4.57. The molecule has 2 rings (SSSR count). The molecule has 1 aromatic heterocycles. The van der Waals surface area contributed by atoms with Crippen molar-refractivity contribution in [2.45, 2.75) is 31.8 Å². The van der Waals surface area contributed by atoms with Gasteiger partial charge in [0.2, 0.25) is 0 Å². The summed E-state index contributed by atoms with van der Waals surface area (Å²) in [4.78, 5) is 6.94. The minimum atomic E-state index is 0.324. The molecule has 0 spiro atoms. The Morgan fingerprint density at radius 1 is 1.65 bits per heavy atom. The van der Waals surface area contributed by atoms with Gasteiger partial charge in [0, 0.05) is 30.4 Å². The molecule has 0 radical (unpaired) electrons. The molecule has 0 aromatic carbocycles. The van der Waals surface area contributed by atoms with Crippen LogP contribution < -0.4 is 10.2 Å². The number of rotatable bonds is 6. The van der Waals surface area contributed by atoms with Crippen LogP contribution in [0.5, 0.6) is 0 Å². The zero-order valence-electron chi connectivity index (χ0n) is 10.7. The molecule has 17 heavy (non-hydrogen) atoms. The van der Waals surface area contributed by atoms with Gasteiger partial charge in [0.05, 0.1) is 0 Å². The highest BCUT2D eigenvalue weighted by molar-refractivity contribution is 5.50. The Morgan fingerprint density at radius 2 is 2.41 bits per heavy atom. The highest BCUT2D eigenvalue weighted by Crippen LogP contribution is 2.33. The topological polar surface area (TPSA) is 28.2 Å². The number of hydrogen-bond donors (Lipinski definition) is 1. The summed E-state index contributed by atoms with van der Waals surface area (Å²) in [7, 11) is 1.98. The van der Waals surface area contributed by atoms with Crippen molar-refractivity contribution in [2.24, 2.45) is 0 Å². The molecule has 3 nitrogen and oxygen atoms in total. The third-order valence-electron chi connectivity index (χ3n) is 3.30. The van der Waals surface area contributed by atoms with Gasteiger partial charge in [-0.1, -0.05) is 12.1 Å². The monoisotopic (exact) mass is 231 g/mol. The minimum absolute atomic E-state index is 0.324. The molecule has 0 amide bonds. The van der Waals surface area contributed by atoms with E-state index in [2.05, 4.69) is 34.8 Å². The summed E-state index contributed by atoms with van der Waals surface area (Å²) in [5.41, 5.74) is 1.27. The molecule has 3 heteroatoms. The highest BCUT2D eigenvalue weighted by Gasteiger charge is 2.30. The molecule has 1 N–H and O–H groups in total. The Labute approximate surface area is 104 Å². The van der Waals surface area contributed by atoms with Crippen LogP contribution in [0.2, 0.25) is 0 Å². The van der Waals surface area contributed by atoms with Gasteiger partial charge < -0.3 is 10.2 Å². The van der Waals surface area contributed by atoms with Gasteiger partial charge >= 0.3 is 0 Å². The molecule has 92 valence electrons. The standard InChI is InChI=1S/C14H21N3/c1-4-10-17(12-7-8-12)14-13(11(2)15-3)6-5-9-16-14/h4-6,9,11-12,15H,1,7-8,10H2,2-3H3.